The van der Waals surface area contributed by atoms with Crippen LogP contribution in [-0.4, -0.2) is 20.9 Å². The minimum absolute atomic E-state index is 0.0623. The molecule has 6 nitrogen and oxygen atoms in total. The quantitative estimate of drug-likeness (QED) is 0.876. The van der Waals surface area contributed by atoms with Crippen LogP contribution in [0.2, 0.25) is 0 Å². The summed E-state index contributed by atoms with van der Waals surface area (Å²) in [5.41, 5.74) is 5.33. The van der Waals surface area contributed by atoms with Gasteiger partial charge in [0, 0.05) is 24.2 Å². The maximum Gasteiger partial charge on any atom is 0.341 e. The van der Waals surface area contributed by atoms with Gasteiger partial charge in [0.15, 0.2) is 0 Å². The topological polar surface area (TPSA) is 98.2 Å². The maximum atomic E-state index is 13.9. The predicted octanol–water partition coefficient (Wildman–Crippen LogP) is 1.86. The molecule has 0 saturated heterocycles. The summed E-state index contributed by atoms with van der Waals surface area (Å²) in [4.78, 5) is 23.4. The smallest absolute Gasteiger partial charge is 0.341 e. The third-order valence-electron chi connectivity index (χ3n) is 3.31. The van der Waals surface area contributed by atoms with Gasteiger partial charge in [-0.15, -0.1) is 0 Å². The molecule has 7 heteroatoms. The van der Waals surface area contributed by atoms with Crippen molar-refractivity contribution in [3.8, 4) is 11.3 Å². The molecule has 0 spiro atoms. The molecule has 0 unspecified atom stereocenters. The molecule has 23 heavy (non-hydrogen) atoms. The van der Waals surface area contributed by atoms with Gasteiger partial charge in [0.2, 0.25) is 0 Å². The van der Waals surface area contributed by atoms with E-state index in [0.29, 0.717) is 11.1 Å². The van der Waals surface area contributed by atoms with E-state index in [1.165, 1.54) is 18.2 Å². The number of nitrogens with two attached hydrogens (primary N) is 1. The van der Waals surface area contributed by atoms with E-state index in [1.807, 2.05) is 13.8 Å². The van der Waals surface area contributed by atoms with Gasteiger partial charge in [-0.1, -0.05) is 26.0 Å². The van der Waals surface area contributed by atoms with E-state index in [9.17, 15) is 19.1 Å². The van der Waals surface area contributed by atoms with Gasteiger partial charge in [0.25, 0.3) is 5.56 Å². The number of carboxylic acids is 1. The summed E-state index contributed by atoms with van der Waals surface area (Å²) in [5, 5.41) is 13.4. The van der Waals surface area contributed by atoms with E-state index in [2.05, 4.69) is 5.10 Å². The molecule has 0 aliphatic rings. The van der Waals surface area contributed by atoms with Gasteiger partial charge in [-0.05, 0) is 18.1 Å². The van der Waals surface area contributed by atoms with E-state index in [0.717, 1.165) is 4.68 Å². The Morgan fingerprint density at radius 1 is 1.39 bits per heavy atom. The first-order valence-electron chi connectivity index (χ1n) is 7.17. The van der Waals surface area contributed by atoms with Crippen LogP contribution >= 0.6 is 0 Å². The van der Waals surface area contributed by atoms with Crippen LogP contribution in [-0.2, 0) is 13.1 Å². The first-order valence-corrected chi connectivity index (χ1v) is 7.17. The first kappa shape index (κ1) is 16.8. The van der Waals surface area contributed by atoms with Gasteiger partial charge in [-0.2, -0.15) is 5.10 Å². The highest BCUT2D eigenvalue weighted by molar-refractivity contribution is 5.88. The molecule has 0 aliphatic heterocycles. The number of carbonyl (C=O) groups is 1. The highest BCUT2D eigenvalue weighted by Crippen LogP contribution is 2.20. The van der Waals surface area contributed by atoms with Crippen LogP contribution in [0, 0.1) is 11.7 Å². The van der Waals surface area contributed by atoms with Crippen molar-refractivity contribution in [3.05, 3.63) is 51.6 Å². The number of carboxylic acid groups (broad SMARTS) is 1. The summed E-state index contributed by atoms with van der Waals surface area (Å²) >= 11 is 0. The van der Waals surface area contributed by atoms with E-state index in [-0.39, 0.29) is 30.3 Å². The fourth-order valence-electron chi connectivity index (χ4n) is 2.18. The number of halogens is 1. The fraction of sp³-hybridized carbons (Fsp3) is 0.312. The molecule has 3 N–H and O–H groups in total. The minimum atomic E-state index is -1.34. The van der Waals surface area contributed by atoms with Crippen molar-refractivity contribution in [3.63, 3.8) is 0 Å². The van der Waals surface area contributed by atoms with E-state index < -0.39 is 17.3 Å². The zero-order chi connectivity index (χ0) is 17.1. The lowest BCUT2D eigenvalue weighted by molar-refractivity contribution is 0.0693. The van der Waals surface area contributed by atoms with Crippen molar-refractivity contribution in [2.45, 2.75) is 26.9 Å². The van der Waals surface area contributed by atoms with Crippen LogP contribution in [0.3, 0.4) is 0 Å². The van der Waals surface area contributed by atoms with E-state index in [4.69, 9.17) is 5.73 Å². The number of rotatable bonds is 5. The second kappa shape index (κ2) is 6.70. The minimum Gasteiger partial charge on any atom is -0.477 e. The average molecular weight is 319 g/mol. The van der Waals surface area contributed by atoms with Crippen molar-refractivity contribution < 1.29 is 14.3 Å². The Bertz CT molecular complexity index is 800. The molecule has 0 aliphatic carbocycles. The SMILES string of the molecule is CC(C)Cn1nc(-c2ccc(CN)c(F)c2)cc(C(=O)O)c1=O. The lowest BCUT2D eigenvalue weighted by Crippen LogP contribution is -2.30. The van der Waals surface area contributed by atoms with Gasteiger partial charge in [0.1, 0.15) is 11.4 Å². The van der Waals surface area contributed by atoms with Crippen molar-refractivity contribution >= 4 is 5.97 Å². The number of aromatic nitrogens is 2. The lowest BCUT2D eigenvalue weighted by Gasteiger charge is -2.11. The molecule has 1 aromatic carbocycles. The fourth-order valence-corrected chi connectivity index (χ4v) is 2.18. The zero-order valence-electron chi connectivity index (χ0n) is 12.9. The molecule has 2 rings (SSSR count). The van der Waals surface area contributed by atoms with Gasteiger partial charge in [0.05, 0.1) is 5.69 Å². The molecule has 0 saturated carbocycles. The summed E-state index contributed by atoms with van der Waals surface area (Å²) in [6.07, 6.45) is 0. The normalized spacial score (nSPS) is 11.0. The third kappa shape index (κ3) is 3.62. The summed E-state index contributed by atoms with van der Waals surface area (Å²) < 4.78 is 15.0. The van der Waals surface area contributed by atoms with Crippen LogP contribution < -0.4 is 11.3 Å². The summed E-state index contributed by atoms with van der Waals surface area (Å²) in [5.74, 6) is -1.73. The Balaban J connectivity index is 2.62. The average Bonchev–Trinajstić information content (AvgIpc) is 2.48. The summed E-state index contributed by atoms with van der Waals surface area (Å²) in [6, 6.07) is 5.52. The highest BCUT2D eigenvalue weighted by atomic mass is 19.1. The molecule has 0 radical (unpaired) electrons. The molecular weight excluding hydrogens is 301 g/mol. The molecule has 0 atom stereocenters. The standard InChI is InChI=1S/C16H18FN3O3/c1-9(2)8-20-15(21)12(16(22)23)6-14(19-20)10-3-4-11(7-18)13(17)5-10/h3-6,9H,7-8,18H2,1-2H3,(H,22,23). The Hall–Kier alpha value is -2.54. The maximum absolute atomic E-state index is 13.9. The van der Waals surface area contributed by atoms with Crippen LogP contribution in [0.4, 0.5) is 4.39 Å². The van der Waals surface area contributed by atoms with Crippen molar-refractivity contribution in [2.75, 3.05) is 0 Å². The van der Waals surface area contributed by atoms with E-state index in [1.54, 1.807) is 6.07 Å². The molecule has 0 amide bonds. The molecule has 0 bridgehead atoms. The number of benzene rings is 1. The third-order valence-corrected chi connectivity index (χ3v) is 3.31. The van der Waals surface area contributed by atoms with Crippen molar-refractivity contribution in [2.24, 2.45) is 11.7 Å². The molecule has 1 aromatic heterocycles. The number of hydrogen-bond acceptors (Lipinski definition) is 4. The number of hydrogen-bond donors (Lipinski definition) is 2. The number of aromatic carboxylic acids is 1. The van der Waals surface area contributed by atoms with Crippen LogP contribution in [0.25, 0.3) is 11.3 Å². The Kier molecular flexibility index (Phi) is 4.90. The van der Waals surface area contributed by atoms with Gasteiger partial charge in [-0.25, -0.2) is 13.9 Å². The molecular formula is C16H18FN3O3. The van der Waals surface area contributed by atoms with Crippen molar-refractivity contribution in [1.82, 2.24) is 9.78 Å². The lowest BCUT2D eigenvalue weighted by atomic mass is 10.1. The van der Waals surface area contributed by atoms with Crippen LogP contribution in [0.1, 0.15) is 29.8 Å². The first-order chi connectivity index (χ1) is 10.8. The second-order valence-corrected chi connectivity index (χ2v) is 5.64. The van der Waals surface area contributed by atoms with Crippen molar-refractivity contribution in [1.29, 1.82) is 0 Å². The summed E-state index contributed by atoms with van der Waals surface area (Å²) in [6.45, 7) is 4.11. The van der Waals surface area contributed by atoms with Gasteiger partial charge >= 0.3 is 5.97 Å². The molecule has 1 heterocycles. The highest BCUT2D eigenvalue weighted by Gasteiger charge is 2.16. The van der Waals surface area contributed by atoms with Crippen LogP contribution in [0.5, 0.6) is 0 Å². The Morgan fingerprint density at radius 2 is 2.09 bits per heavy atom. The van der Waals surface area contributed by atoms with Gasteiger partial charge in [-0.3, -0.25) is 4.79 Å². The van der Waals surface area contributed by atoms with E-state index >= 15 is 0 Å². The van der Waals surface area contributed by atoms with Crippen LogP contribution in [0.15, 0.2) is 29.1 Å². The Morgan fingerprint density at radius 3 is 2.61 bits per heavy atom. The molecule has 2 aromatic rings. The summed E-state index contributed by atoms with van der Waals surface area (Å²) in [7, 11) is 0. The predicted molar refractivity (Wildman–Crippen MR) is 83.6 cm³/mol. The molecule has 122 valence electrons. The van der Waals surface area contributed by atoms with Gasteiger partial charge < -0.3 is 10.8 Å². The zero-order valence-corrected chi connectivity index (χ0v) is 12.9. The second-order valence-electron chi connectivity index (χ2n) is 5.64. The Labute approximate surface area is 132 Å². The number of nitrogens with zero attached hydrogens (tertiary/aromatic N) is 2. The molecule has 0 fully saturated rings. The largest absolute Gasteiger partial charge is 0.477 e. The monoisotopic (exact) mass is 319 g/mol.